The molecule has 0 atom stereocenters. The second-order valence-corrected chi connectivity index (χ2v) is 4.35. The van der Waals surface area contributed by atoms with E-state index in [-0.39, 0.29) is 11.3 Å². The van der Waals surface area contributed by atoms with Gasteiger partial charge < -0.3 is 5.32 Å². The molecule has 1 heterocycles. The fourth-order valence-corrected chi connectivity index (χ4v) is 1.94. The number of halogens is 1. The van der Waals surface area contributed by atoms with Crippen molar-refractivity contribution < 1.29 is 0 Å². The zero-order valence-corrected chi connectivity index (χ0v) is 11.0. The number of nitrogens with one attached hydrogen (secondary N) is 2. The minimum atomic E-state index is -0.265. The molecule has 0 saturated carbocycles. The van der Waals surface area contributed by atoms with Gasteiger partial charge in [-0.05, 0) is 28.1 Å². The smallest absolute Gasteiger partial charge is 0.163 e. The average molecular weight is 313 g/mol. The molecule has 2 N–H and O–H groups in total. The van der Waals surface area contributed by atoms with Gasteiger partial charge in [-0.2, -0.15) is 20.9 Å². The first-order chi connectivity index (χ1) is 9.19. The van der Waals surface area contributed by atoms with E-state index < -0.39 is 0 Å². The Morgan fingerprint density at radius 2 is 1.95 bits per heavy atom. The molecule has 1 aromatic heterocycles. The Bertz CT molecular complexity index is 780. The van der Waals surface area contributed by atoms with Crippen molar-refractivity contribution in [1.29, 1.82) is 15.8 Å². The lowest BCUT2D eigenvalue weighted by atomic mass is 10.2. The molecule has 0 radical (unpaired) electrons. The van der Waals surface area contributed by atoms with Gasteiger partial charge in [-0.25, -0.2) is 0 Å². The van der Waals surface area contributed by atoms with Crippen molar-refractivity contribution in [3.8, 4) is 18.2 Å². The summed E-state index contributed by atoms with van der Waals surface area (Å²) in [6.07, 6.45) is 1.67. The van der Waals surface area contributed by atoms with Crippen LogP contribution in [0.3, 0.4) is 0 Å². The third kappa shape index (κ3) is 2.40. The zero-order valence-electron chi connectivity index (χ0n) is 9.40. The molecule has 6 nitrogen and oxygen atoms in total. The summed E-state index contributed by atoms with van der Waals surface area (Å²) >= 11 is 3.35. The number of aromatic nitrogens is 2. The summed E-state index contributed by atoms with van der Waals surface area (Å²) in [6.45, 7) is 0. The van der Waals surface area contributed by atoms with Gasteiger partial charge in [0.05, 0.1) is 17.4 Å². The maximum absolute atomic E-state index is 8.98. The molecule has 19 heavy (non-hydrogen) atoms. The minimum Gasteiger partial charge on any atom is -0.344 e. The van der Waals surface area contributed by atoms with Crippen molar-refractivity contribution >= 4 is 32.5 Å². The molecule has 90 valence electrons. The Morgan fingerprint density at radius 1 is 1.21 bits per heavy atom. The fraction of sp³-hybridized carbons (Fsp3) is 0. The number of nitrogens with zero attached hydrogens (tertiary/aromatic N) is 4. The van der Waals surface area contributed by atoms with Crippen LogP contribution < -0.4 is 5.32 Å². The molecule has 1 aromatic carbocycles. The Labute approximate surface area is 116 Å². The topological polar surface area (TPSA) is 112 Å². The van der Waals surface area contributed by atoms with Gasteiger partial charge in [0.2, 0.25) is 0 Å². The third-order valence-corrected chi connectivity index (χ3v) is 3.03. The highest BCUT2D eigenvalue weighted by molar-refractivity contribution is 9.10. The van der Waals surface area contributed by atoms with Crippen LogP contribution in [0.5, 0.6) is 0 Å². The molecule has 0 amide bonds. The number of nitriles is 3. The fourth-order valence-electron chi connectivity index (χ4n) is 1.48. The molecule has 0 aliphatic heterocycles. The summed E-state index contributed by atoms with van der Waals surface area (Å²) in [5.74, 6) is 0. The Balaban J connectivity index is 2.50. The van der Waals surface area contributed by atoms with Gasteiger partial charge in [0.1, 0.15) is 23.9 Å². The van der Waals surface area contributed by atoms with Gasteiger partial charge in [-0.15, -0.1) is 0 Å². The van der Waals surface area contributed by atoms with Crippen LogP contribution in [0.4, 0.5) is 5.69 Å². The summed E-state index contributed by atoms with van der Waals surface area (Å²) in [7, 11) is 0. The SMILES string of the molecule is N#CC(C#N)=C(C#N)Nc1cc2[nH]ncc2cc1Br. The molecule has 0 aliphatic carbocycles. The largest absolute Gasteiger partial charge is 0.344 e. The Hall–Kier alpha value is -2.82. The molecule has 0 saturated heterocycles. The third-order valence-electron chi connectivity index (χ3n) is 2.37. The van der Waals surface area contributed by atoms with E-state index in [0.717, 1.165) is 10.9 Å². The lowest BCUT2D eigenvalue weighted by molar-refractivity contribution is 1.12. The number of H-pyrrole nitrogens is 1. The van der Waals surface area contributed by atoms with E-state index in [4.69, 9.17) is 15.8 Å². The van der Waals surface area contributed by atoms with Crippen molar-refractivity contribution in [2.45, 2.75) is 0 Å². The number of anilines is 1. The molecule has 0 spiro atoms. The van der Waals surface area contributed by atoms with Gasteiger partial charge in [0, 0.05) is 9.86 Å². The first kappa shape index (κ1) is 12.6. The van der Waals surface area contributed by atoms with E-state index in [0.29, 0.717) is 10.2 Å². The van der Waals surface area contributed by atoms with Crippen molar-refractivity contribution in [1.82, 2.24) is 10.2 Å². The van der Waals surface area contributed by atoms with Crippen LogP contribution in [-0.4, -0.2) is 10.2 Å². The number of fused-ring (bicyclic) bond motifs is 1. The number of benzene rings is 1. The van der Waals surface area contributed by atoms with E-state index in [1.54, 1.807) is 30.5 Å². The van der Waals surface area contributed by atoms with Crippen molar-refractivity contribution in [3.63, 3.8) is 0 Å². The van der Waals surface area contributed by atoms with Crippen molar-refractivity contribution in [2.24, 2.45) is 0 Å². The summed E-state index contributed by atoms with van der Waals surface area (Å²) in [5.41, 5.74) is 0.985. The second kappa shape index (κ2) is 5.22. The van der Waals surface area contributed by atoms with E-state index in [1.807, 2.05) is 6.07 Å². The maximum atomic E-state index is 8.98. The van der Waals surface area contributed by atoms with Crippen LogP contribution >= 0.6 is 15.9 Å². The molecule has 2 rings (SSSR count). The van der Waals surface area contributed by atoms with Crippen LogP contribution in [0, 0.1) is 34.0 Å². The van der Waals surface area contributed by atoms with E-state index in [1.165, 1.54) is 0 Å². The van der Waals surface area contributed by atoms with Crippen LogP contribution in [-0.2, 0) is 0 Å². The molecule has 0 unspecified atom stereocenters. The molecular weight excluding hydrogens is 308 g/mol. The van der Waals surface area contributed by atoms with Gasteiger partial charge in [0.25, 0.3) is 0 Å². The monoisotopic (exact) mass is 312 g/mol. The van der Waals surface area contributed by atoms with Gasteiger partial charge >= 0.3 is 0 Å². The highest BCUT2D eigenvalue weighted by Gasteiger charge is 2.09. The molecule has 0 aliphatic rings. The summed E-state index contributed by atoms with van der Waals surface area (Å²) in [6, 6.07) is 8.69. The van der Waals surface area contributed by atoms with Crippen LogP contribution in [0.25, 0.3) is 10.9 Å². The Morgan fingerprint density at radius 3 is 2.58 bits per heavy atom. The molecule has 0 fully saturated rings. The van der Waals surface area contributed by atoms with Crippen LogP contribution in [0.15, 0.2) is 34.1 Å². The molecule has 7 heteroatoms. The lowest BCUT2D eigenvalue weighted by Crippen LogP contribution is -2.01. The summed E-state index contributed by atoms with van der Waals surface area (Å²) < 4.78 is 0.698. The lowest BCUT2D eigenvalue weighted by Gasteiger charge is -2.07. The number of hydrogen-bond acceptors (Lipinski definition) is 5. The Kier molecular flexibility index (Phi) is 3.47. The van der Waals surface area contributed by atoms with Crippen LogP contribution in [0.1, 0.15) is 0 Å². The van der Waals surface area contributed by atoms with E-state index in [2.05, 4.69) is 31.4 Å². The first-order valence-electron chi connectivity index (χ1n) is 5.03. The highest BCUT2D eigenvalue weighted by Crippen LogP contribution is 2.28. The second-order valence-electron chi connectivity index (χ2n) is 3.50. The zero-order chi connectivity index (χ0) is 13.8. The average Bonchev–Trinajstić information content (AvgIpc) is 2.85. The number of rotatable bonds is 2. The molecular formula is C12H5BrN6. The predicted octanol–water partition coefficient (Wildman–Crippen LogP) is 2.56. The first-order valence-corrected chi connectivity index (χ1v) is 5.83. The van der Waals surface area contributed by atoms with Crippen LogP contribution in [0.2, 0.25) is 0 Å². The molecule has 0 bridgehead atoms. The summed E-state index contributed by atoms with van der Waals surface area (Å²) in [4.78, 5) is 0. The quantitative estimate of drug-likeness (QED) is 0.827. The van der Waals surface area contributed by atoms with Gasteiger partial charge in [-0.1, -0.05) is 0 Å². The normalized spacial score (nSPS) is 9.16. The molecule has 2 aromatic rings. The minimum absolute atomic E-state index is 0.0930. The number of hydrogen-bond donors (Lipinski definition) is 2. The van der Waals surface area contributed by atoms with Gasteiger partial charge in [-0.3, -0.25) is 5.10 Å². The maximum Gasteiger partial charge on any atom is 0.163 e. The van der Waals surface area contributed by atoms with Crippen molar-refractivity contribution in [2.75, 3.05) is 5.32 Å². The van der Waals surface area contributed by atoms with Gasteiger partial charge in [0.15, 0.2) is 5.57 Å². The highest BCUT2D eigenvalue weighted by atomic mass is 79.9. The number of aromatic amines is 1. The van der Waals surface area contributed by atoms with E-state index in [9.17, 15) is 0 Å². The standard InChI is InChI=1S/C12H5BrN6/c13-9-1-7-6-17-19-10(7)2-11(9)18-12(5-16)8(3-14)4-15/h1-2,6,18H,(H,17,19). The number of allylic oxidation sites excluding steroid dienone is 2. The summed E-state index contributed by atoms with van der Waals surface area (Å²) in [5, 5.41) is 36.9. The van der Waals surface area contributed by atoms with E-state index >= 15 is 0 Å². The predicted molar refractivity (Wildman–Crippen MR) is 71.3 cm³/mol. The van der Waals surface area contributed by atoms with Crippen molar-refractivity contribution in [3.05, 3.63) is 34.1 Å².